The molecule has 0 spiro atoms. The lowest BCUT2D eigenvalue weighted by Crippen LogP contribution is -2.30. The van der Waals surface area contributed by atoms with Gasteiger partial charge in [0.1, 0.15) is 19.3 Å². The topological polar surface area (TPSA) is 237 Å². The molecule has 0 aliphatic heterocycles. The Hall–Kier alpha value is -1.94. The van der Waals surface area contributed by atoms with Crippen molar-refractivity contribution < 1.29 is 80.2 Å². The van der Waals surface area contributed by atoms with Gasteiger partial charge in [-0.3, -0.25) is 37.3 Å². The highest BCUT2D eigenvalue weighted by atomic mass is 31.2. The molecule has 7 atom stereocenters. The summed E-state index contributed by atoms with van der Waals surface area (Å²) in [7, 11) is -9.91. The Morgan fingerprint density at radius 3 is 0.800 bits per heavy atom. The van der Waals surface area contributed by atoms with E-state index in [0.717, 1.165) is 108 Å². The first-order valence-electron chi connectivity index (χ1n) is 39.4. The van der Waals surface area contributed by atoms with Crippen LogP contribution in [0.15, 0.2) is 0 Å². The number of esters is 4. The zero-order chi connectivity index (χ0) is 70.1. The predicted molar refractivity (Wildman–Crippen MR) is 386 cm³/mol. The van der Waals surface area contributed by atoms with E-state index in [4.69, 9.17) is 37.0 Å². The van der Waals surface area contributed by atoms with Crippen molar-refractivity contribution in [3.05, 3.63) is 0 Å². The molecule has 0 saturated carbocycles. The first-order valence-corrected chi connectivity index (χ1v) is 42.4. The first-order chi connectivity index (χ1) is 45.8. The summed E-state index contributed by atoms with van der Waals surface area (Å²) in [6, 6.07) is 0. The zero-order valence-electron chi connectivity index (χ0n) is 62.1. The summed E-state index contributed by atoms with van der Waals surface area (Å²) in [4.78, 5) is 72.7. The molecule has 17 nitrogen and oxygen atoms in total. The molecule has 0 aromatic heterocycles. The van der Waals surface area contributed by atoms with E-state index in [1.165, 1.54) is 199 Å². The highest BCUT2D eigenvalue weighted by Gasteiger charge is 2.30. The fourth-order valence-electron chi connectivity index (χ4n) is 11.5. The largest absolute Gasteiger partial charge is 0.472 e. The smallest absolute Gasteiger partial charge is 0.462 e. The Morgan fingerprint density at radius 1 is 0.305 bits per heavy atom. The standard InChI is InChI=1S/C76H148O17P2/c1-8-11-12-13-14-26-36-43-50-57-73(78)86-63-72(93-76(81)60-53-46-39-32-31-35-42-49-56-69(7)10-3)66-91-95(84,85)89-62-70(77)61-88-94(82,83)90-65-71(64-87-74(79)58-51-44-37-30-25-27-33-40-47-54-67(4)5)92-75(80)59-52-45-38-29-24-22-20-18-16-15-17-19-21-23-28-34-41-48-55-68(6)9-2/h67-72,77H,8-66H2,1-7H3,(H,82,83)(H,84,85)/t68?,69?,70-,71-,72-/m1/s1. The number of aliphatic hydroxyl groups excluding tert-OH is 1. The summed E-state index contributed by atoms with van der Waals surface area (Å²) in [5, 5.41) is 10.6. The minimum Gasteiger partial charge on any atom is -0.462 e. The molecule has 0 fully saturated rings. The molecule has 19 heteroatoms. The minimum absolute atomic E-state index is 0.105. The average molecular weight is 1400 g/mol. The van der Waals surface area contributed by atoms with Gasteiger partial charge in [-0.15, -0.1) is 0 Å². The molecule has 0 aromatic carbocycles. The zero-order valence-corrected chi connectivity index (χ0v) is 63.9. The van der Waals surface area contributed by atoms with Crippen LogP contribution in [-0.4, -0.2) is 96.7 Å². The van der Waals surface area contributed by atoms with Crippen LogP contribution in [0.1, 0.15) is 389 Å². The first kappa shape index (κ1) is 93.1. The quantitative estimate of drug-likeness (QED) is 0.0222. The van der Waals surface area contributed by atoms with Gasteiger partial charge in [-0.2, -0.15) is 0 Å². The molecule has 0 aliphatic carbocycles. The second-order valence-corrected chi connectivity index (χ2v) is 31.3. The monoisotopic (exact) mass is 1400 g/mol. The van der Waals surface area contributed by atoms with Gasteiger partial charge in [-0.05, 0) is 43.4 Å². The molecule has 0 aromatic rings. The summed E-state index contributed by atoms with van der Waals surface area (Å²) in [5.74, 6) is 0.263. The molecule has 4 unspecified atom stereocenters. The summed E-state index contributed by atoms with van der Waals surface area (Å²) >= 11 is 0. The van der Waals surface area contributed by atoms with Gasteiger partial charge >= 0.3 is 39.5 Å². The molecule has 0 bridgehead atoms. The number of rotatable bonds is 74. The number of carbonyl (C=O) groups excluding carboxylic acids is 4. The molecule has 3 N–H and O–H groups in total. The number of hydrogen-bond acceptors (Lipinski definition) is 15. The summed E-state index contributed by atoms with van der Waals surface area (Å²) < 4.78 is 68.4. The lowest BCUT2D eigenvalue weighted by Gasteiger charge is -2.21. The third-order valence-electron chi connectivity index (χ3n) is 18.4. The van der Waals surface area contributed by atoms with E-state index in [0.29, 0.717) is 25.7 Å². The average Bonchev–Trinajstić information content (AvgIpc) is 1.60. The Kier molecular flexibility index (Phi) is 65.2. The maximum absolute atomic E-state index is 13.1. The van der Waals surface area contributed by atoms with Gasteiger partial charge in [0.05, 0.1) is 26.4 Å². The summed E-state index contributed by atoms with van der Waals surface area (Å²) in [6.07, 6.45) is 52.8. The van der Waals surface area contributed by atoms with Crippen molar-refractivity contribution in [3.63, 3.8) is 0 Å². The van der Waals surface area contributed by atoms with Crippen LogP contribution < -0.4 is 0 Å². The Labute approximate surface area is 581 Å². The van der Waals surface area contributed by atoms with E-state index in [9.17, 15) is 43.2 Å². The van der Waals surface area contributed by atoms with Crippen LogP contribution in [0.4, 0.5) is 0 Å². The number of unbranched alkanes of at least 4 members (excludes halogenated alkanes) is 40. The second kappa shape index (κ2) is 66.6. The third kappa shape index (κ3) is 67.6. The van der Waals surface area contributed by atoms with Crippen molar-refractivity contribution in [2.75, 3.05) is 39.6 Å². The van der Waals surface area contributed by atoms with Crippen molar-refractivity contribution in [2.24, 2.45) is 17.8 Å². The third-order valence-corrected chi connectivity index (χ3v) is 20.3. The molecular weight excluding hydrogens is 1250 g/mol. The lowest BCUT2D eigenvalue weighted by atomic mass is 9.99. The van der Waals surface area contributed by atoms with Gasteiger partial charge in [-0.1, -0.05) is 337 Å². The molecule has 0 heterocycles. The Bertz CT molecular complexity index is 1860. The van der Waals surface area contributed by atoms with E-state index < -0.39 is 97.5 Å². The van der Waals surface area contributed by atoms with E-state index >= 15 is 0 Å². The molecule has 0 amide bonds. The van der Waals surface area contributed by atoms with Gasteiger partial charge in [0, 0.05) is 25.7 Å². The van der Waals surface area contributed by atoms with E-state index in [2.05, 4.69) is 48.5 Å². The molecule has 0 saturated heterocycles. The fraction of sp³-hybridized carbons (Fsp3) is 0.947. The van der Waals surface area contributed by atoms with E-state index in [1.807, 2.05) is 0 Å². The SMILES string of the molecule is CCCCCCCCCCCC(=O)OC[C@H](COP(=O)(O)OC[C@H](O)COP(=O)(O)OC[C@@H](COC(=O)CCCCCCCCCCCC(C)C)OC(=O)CCCCCCCCCCCCCCCCCCCCC(C)CC)OC(=O)CCCCCCCCCCC(C)CC. The summed E-state index contributed by atoms with van der Waals surface area (Å²) in [5.41, 5.74) is 0. The number of phosphoric acid groups is 2. The Balaban J connectivity index is 5.18. The van der Waals surface area contributed by atoms with Crippen LogP contribution >= 0.6 is 15.6 Å². The molecule has 0 radical (unpaired) electrons. The number of aliphatic hydroxyl groups is 1. The van der Waals surface area contributed by atoms with Crippen LogP contribution in [0.25, 0.3) is 0 Å². The lowest BCUT2D eigenvalue weighted by molar-refractivity contribution is -0.161. The number of hydrogen-bond donors (Lipinski definition) is 3. The van der Waals surface area contributed by atoms with Gasteiger partial charge in [0.15, 0.2) is 12.2 Å². The van der Waals surface area contributed by atoms with Crippen molar-refractivity contribution in [3.8, 4) is 0 Å². The molecule has 95 heavy (non-hydrogen) atoms. The van der Waals surface area contributed by atoms with Crippen LogP contribution in [-0.2, 0) is 65.4 Å². The van der Waals surface area contributed by atoms with Crippen molar-refractivity contribution in [1.82, 2.24) is 0 Å². The highest BCUT2D eigenvalue weighted by molar-refractivity contribution is 7.47. The normalized spacial score (nSPS) is 14.6. The van der Waals surface area contributed by atoms with Gasteiger partial charge < -0.3 is 33.8 Å². The highest BCUT2D eigenvalue weighted by Crippen LogP contribution is 2.45. The number of ether oxygens (including phenoxy) is 4. The van der Waals surface area contributed by atoms with Crippen molar-refractivity contribution in [1.29, 1.82) is 0 Å². The molecular formula is C76H148O17P2. The van der Waals surface area contributed by atoms with Crippen LogP contribution in [0, 0.1) is 17.8 Å². The van der Waals surface area contributed by atoms with Crippen LogP contribution in [0.3, 0.4) is 0 Å². The summed E-state index contributed by atoms with van der Waals surface area (Å²) in [6.45, 7) is 11.9. The number of carbonyl (C=O) groups is 4. The maximum atomic E-state index is 13.1. The van der Waals surface area contributed by atoms with Gasteiger partial charge in [0.2, 0.25) is 0 Å². The van der Waals surface area contributed by atoms with Crippen molar-refractivity contribution in [2.45, 2.75) is 407 Å². The maximum Gasteiger partial charge on any atom is 0.472 e. The molecule has 0 rings (SSSR count). The van der Waals surface area contributed by atoms with Crippen LogP contribution in [0.2, 0.25) is 0 Å². The van der Waals surface area contributed by atoms with E-state index in [1.54, 1.807) is 0 Å². The van der Waals surface area contributed by atoms with Crippen molar-refractivity contribution >= 4 is 39.5 Å². The second-order valence-electron chi connectivity index (χ2n) is 28.4. The van der Waals surface area contributed by atoms with Gasteiger partial charge in [0.25, 0.3) is 0 Å². The Morgan fingerprint density at radius 2 is 0.537 bits per heavy atom. The van der Waals surface area contributed by atoms with E-state index in [-0.39, 0.29) is 25.7 Å². The minimum atomic E-state index is -4.96. The van der Waals surface area contributed by atoms with Gasteiger partial charge in [-0.25, -0.2) is 9.13 Å². The molecule has 0 aliphatic rings. The number of phosphoric ester groups is 2. The predicted octanol–water partition coefficient (Wildman–Crippen LogP) is 22.2. The van der Waals surface area contributed by atoms with Crippen LogP contribution in [0.5, 0.6) is 0 Å². The fourth-order valence-corrected chi connectivity index (χ4v) is 13.1. The molecule has 564 valence electrons.